The first-order chi connectivity index (χ1) is 9.90. The monoisotopic (exact) mass is 299 g/mol. The van der Waals surface area contributed by atoms with Crippen molar-refractivity contribution in [2.75, 3.05) is 0 Å². The zero-order valence-electron chi connectivity index (χ0n) is 12.5. The Balaban J connectivity index is 2.06. The second-order valence-corrected chi connectivity index (χ2v) is 6.29. The van der Waals surface area contributed by atoms with Gasteiger partial charge in [0.2, 0.25) is 0 Å². The number of benzene rings is 1. The highest BCUT2D eigenvalue weighted by Crippen LogP contribution is 2.34. The van der Waals surface area contributed by atoms with Crippen LogP contribution in [0, 0.1) is 11.8 Å². The van der Waals surface area contributed by atoms with Crippen molar-refractivity contribution < 1.29 is 13.2 Å². The summed E-state index contributed by atoms with van der Waals surface area (Å²) < 4.78 is 38.3. The van der Waals surface area contributed by atoms with Crippen molar-refractivity contribution in [2.45, 2.75) is 57.7 Å². The first-order valence-electron chi connectivity index (χ1n) is 7.82. The maximum atomic E-state index is 12.8. The zero-order valence-corrected chi connectivity index (χ0v) is 12.5. The molecule has 0 heterocycles. The molecule has 1 aromatic rings. The fourth-order valence-corrected chi connectivity index (χ4v) is 3.47. The zero-order chi connectivity index (χ0) is 15.5. The number of halogens is 3. The van der Waals surface area contributed by atoms with Gasteiger partial charge in [-0.2, -0.15) is 13.2 Å². The maximum Gasteiger partial charge on any atom is 0.416 e. The molecule has 0 bridgehead atoms. The second kappa shape index (κ2) is 6.82. The normalized spacial score (nSPS) is 26.8. The average molecular weight is 299 g/mol. The summed E-state index contributed by atoms with van der Waals surface area (Å²) in [6.45, 7) is 2.18. The topological polar surface area (TPSA) is 26.0 Å². The average Bonchev–Trinajstić information content (AvgIpc) is 2.42. The lowest BCUT2D eigenvalue weighted by molar-refractivity contribution is -0.137. The molecule has 1 aliphatic carbocycles. The SMILES string of the molecule is CCCC1CCC(N)C(Cc2cccc(C(F)(F)F)c2)C1. The molecule has 0 radical (unpaired) electrons. The van der Waals surface area contributed by atoms with Gasteiger partial charge in [-0.15, -0.1) is 0 Å². The van der Waals surface area contributed by atoms with E-state index in [1.807, 2.05) is 0 Å². The molecule has 0 aliphatic heterocycles. The summed E-state index contributed by atoms with van der Waals surface area (Å²) >= 11 is 0. The van der Waals surface area contributed by atoms with Crippen molar-refractivity contribution in [3.8, 4) is 0 Å². The van der Waals surface area contributed by atoms with E-state index in [4.69, 9.17) is 5.73 Å². The van der Waals surface area contributed by atoms with Crippen LogP contribution in [0.5, 0.6) is 0 Å². The molecule has 21 heavy (non-hydrogen) atoms. The molecular weight excluding hydrogens is 275 g/mol. The van der Waals surface area contributed by atoms with Crippen molar-refractivity contribution in [1.29, 1.82) is 0 Å². The van der Waals surface area contributed by atoms with Crippen LogP contribution in [0.4, 0.5) is 13.2 Å². The van der Waals surface area contributed by atoms with Crippen LogP contribution in [-0.4, -0.2) is 6.04 Å². The van der Waals surface area contributed by atoms with Crippen LogP contribution in [0.15, 0.2) is 24.3 Å². The Labute approximate surface area is 124 Å². The fourth-order valence-electron chi connectivity index (χ4n) is 3.47. The second-order valence-electron chi connectivity index (χ2n) is 6.29. The largest absolute Gasteiger partial charge is 0.416 e. The summed E-state index contributed by atoms with van der Waals surface area (Å²) in [5.74, 6) is 0.990. The molecule has 1 saturated carbocycles. The van der Waals surface area contributed by atoms with Gasteiger partial charge < -0.3 is 5.73 Å². The van der Waals surface area contributed by atoms with Gasteiger partial charge in [0.25, 0.3) is 0 Å². The lowest BCUT2D eigenvalue weighted by Crippen LogP contribution is -2.37. The van der Waals surface area contributed by atoms with Crippen LogP contribution >= 0.6 is 0 Å². The Morgan fingerprint density at radius 3 is 2.67 bits per heavy atom. The summed E-state index contributed by atoms with van der Waals surface area (Å²) in [4.78, 5) is 0. The van der Waals surface area contributed by atoms with Gasteiger partial charge in [0, 0.05) is 6.04 Å². The number of hydrogen-bond acceptors (Lipinski definition) is 1. The highest BCUT2D eigenvalue weighted by molar-refractivity contribution is 5.26. The van der Waals surface area contributed by atoms with E-state index in [1.165, 1.54) is 18.6 Å². The van der Waals surface area contributed by atoms with Crippen LogP contribution in [-0.2, 0) is 12.6 Å². The lowest BCUT2D eigenvalue weighted by atomic mass is 9.74. The third-order valence-corrected chi connectivity index (χ3v) is 4.60. The van der Waals surface area contributed by atoms with Crippen LogP contribution in [0.3, 0.4) is 0 Å². The predicted molar refractivity (Wildman–Crippen MR) is 78.9 cm³/mol. The molecule has 4 heteroatoms. The minimum absolute atomic E-state index is 0.118. The summed E-state index contributed by atoms with van der Waals surface area (Å²) in [7, 11) is 0. The molecule has 2 rings (SSSR count). The Kier molecular flexibility index (Phi) is 5.31. The summed E-state index contributed by atoms with van der Waals surface area (Å²) in [6, 6.07) is 5.80. The Morgan fingerprint density at radius 1 is 1.24 bits per heavy atom. The molecule has 0 saturated heterocycles. The molecular formula is C17H24F3N. The molecule has 0 aromatic heterocycles. The number of nitrogens with two attached hydrogens (primary N) is 1. The van der Waals surface area contributed by atoms with E-state index in [9.17, 15) is 13.2 Å². The summed E-state index contributed by atoms with van der Waals surface area (Å²) in [5.41, 5.74) is 6.38. The minimum atomic E-state index is -4.27. The smallest absolute Gasteiger partial charge is 0.327 e. The highest BCUT2D eigenvalue weighted by Gasteiger charge is 2.31. The van der Waals surface area contributed by atoms with E-state index < -0.39 is 11.7 Å². The third-order valence-electron chi connectivity index (χ3n) is 4.60. The quantitative estimate of drug-likeness (QED) is 0.849. The Morgan fingerprint density at radius 2 is 2.00 bits per heavy atom. The third kappa shape index (κ3) is 4.47. The van der Waals surface area contributed by atoms with E-state index >= 15 is 0 Å². The summed E-state index contributed by atoms with van der Waals surface area (Å²) in [6.07, 6.45) is 1.95. The minimum Gasteiger partial charge on any atom is -0.327 e. The molecule has 3 atom stereocenters. The van der Waals surface area contributed by atoms with Crippen LogP contribution in [0.2, 0.25) is 0 Å². The van der Waals surface area contributed by atoms with Crippen molar-refractivity contribution in [3.05, 3.63) is 35.4 Å². The molecule has 3 unspecified atom stereocenters. The number of rotatable bonds is 4. The van der Waals surface area contributed by atoms with E-state index in [0.717, 1.165) is 37.3 Å². The van der Waals surface area contributed by atoms with Gasteiger partial charge >= 0.3 is 6.18 Å². The van der Waals surface area contributed by atoms with E-state index in [2.05, 4.69) is 6.92 Å². The van der Waals surface area contributed by atoms with Crippen molar-refractivity contribution in [2.24, 2.45) is 17.6 Å². The molecule has 2 N–H and O–H groups in total. The number of hydrogen-bond donors (Lipinski definition) is 1. The molecule has 1 nitrogen and oxygen atoms in total. The summed E-state index contributed by atoms with van der Waals surface area (Å²) in [5, 5.41) is 0. The molecule has 1 aromatic carbocycles. The van der Waals surface area contributed by atoms with Gasteiger partial charge in [-0.1, -0.05) is 38.0 Å². The van der Waals surface area contributed by atoms with Gasteiger partial charge in [0.15, 0.2) is 0 Å². The van der Waals surface area contributed by atoms with E-state index in [-0.39, 0.29) is 6.04 Å². The molecule has 0 amide bonds. The first kappa shape index (κ1) is 16.3. The highest BCUT2D eigenvalue weighted by atomic mass is 19.4. The Hall–Kier alpha value is -1.03. The van der Waals surface area contributed by atoms with Crippen LogP contribution in [0.25, 0.3) is 0 Å². The number of alkyl halides is 3. The van der Waals surface area contributed by atoms with Gasteiger partial charge in [-0.25, -0.2) is 0 Å². The molecule has 1 aliphatic rings. The van der Waals surface area contributed by atoms with Crippen molar-refractivity contribution >= 4 is 0 Å². The van der Waals surface area contributed by atoms with Gasteiger partial charge in [-0.05, 0) is 49.1 Å². The van der Waals surface area contributed by atoms with E-state index in [0.29, 0.717) is 18.3 Å². The Bertz CT molecular complexity index is 456. The van der Waals surface area contributed by atoms with E-state index in [1.54, 1.807) is 6.07 Å². The molecule has 118 valence electrons. The van der Waals surface area contributed by atoms with Gasteiger partial charge in [0.05, 0.1) is 5.56 Å². The van der Waals surface area contributed by atoms with Crippen molar-refractivity contribution in [3.63, 3.8) is 0 Å². The van der Waals surface area contributed by atoms with Crippen molar-refractivity contribution in [1.82, 2.24) is 0 Å². The fraction of sp³-hybridized carbons (Fsp3) is 0.647. The maximum absolute atomic E-state index is 12.8. The van der Waals surface area contributed by atoms with Gasteiger partial charge in [0.1, 0.15) is 0 Å². The first-order valence-corrected chi connectivity index (χ1v) is 7.82. The molecule has 0 spiro atoms. The van der Waals surface area contributed by atoms with Crippen LogP contribution < -0.4 is 5.73 Å². The predicted octanol–water partition coefficient (Wildman–Crippen LogP) is 4.79. The van der Waals surface area contributed by atoms with Gasteiger partial charge in [-0.3, -0.25) is 0 Å². The lowest BCUT2D eigenvalue weighted by Gasteiger charge is -2.34. The standard InChI is InChI=1S/C17H24F3N/c1-2-4-12-7-8-16(21)14(9-12)10-13-5-3-6-15(11-13)17(18,19)20/h3,5-6,11-12,14,16H,2,4,7-10,21H2,1H3. The molecule has 1 fully saturated rings. The van der Waals surface area contributed by atoms with Crippen LogP contribution in [0.1, 0.15) is 50.2 Å².